The van der Waals surface area contributed by atoms with E-state index in [1.54, 1.807) is 0 Å². The van der Waals surface area contributed by atoms with Crippen molar-refractivity contribution in [3.63, 3.8) is 0 Å². The molecule has 0 bridgehead atoms. The molecule has 0 aliphatic rings. The van der Waals surface area contributed by atoms with Crippen LogP contribution in [0.1, 0.15) is 5.56 Å². The Hall–Kier alpha value is -3.07. The number of ether oxygens (including phenoxy) is 2. The predicted molar refractivity (Wildman–Crippen MR) is 71.1 cm³/mol. The highest BCUT2D eigenvalue weighted by Crippen LogP contribution is 2.40. The molecule has 0 radical (unpaired) electrons. The molecule has 16 heteroatoms. The highest BCUT2D eigenvalue weighted by molar-refractivity contribution is 5.84. The summed E-state index contributed by atoms with van der Waals surface area (Å²) in [4.78, 5) is 32.8. The minimum Gasteiger partial charge on any atom is -0.481 e. The molecule has 0 amide bonds. The maximum absolute atomic E-state index is 13.0. The molecule has 0 saturated heterocycles. The van der Waals surface area contributed by atoms with Crippen molar-refractivity contribution in [1.82, 2.24) is 0 Å². The van der Waals surface area contributed by atoms with E-state index in [4.69, 9.17) is 5.11 Å². The first kappa shape index (κ1) is 25.0. The largest absolute Gasteiger partial charge is 0.481 e. The summed E-state index contributed by atoms with van der Waals surface area (Å²) >= 11 is 0. The molecular formula is C14H6F10O6. The van der Waals surface area contributed by atoms with Gasteiger partial charge in [0.05, 0.1) is 6.42 Å². The van der Waals surface area contributed by atoms with Gasteiger partial charge in [0.15, 0.2) is 11.5 Å². The van der Waals surface area contributed by atoms with Crippen molar-refractivity contribution in [3.05, 3.63) is 23.8 Å². The molecule has 0 atom stereocenters. The zero-order valence-electron chi connectivity index (χ0n) is 13.7. The quantitative estimate of drug-likeness (QED) is 0.397. The SMILES string of the molecule is O=C(O)Cc1ccc(OC(=O)C(F)(F)C(F)(F)F)c(OC(=O)C(F)(F)C(F)(F)F)c1. The molecule has 30 heavy (non-hydrogen) atoms. The van der Waals surface area contributed by atoms with E-state index in [2.05, 4.69) is 9.47 Å². The van der Waals surface area contributed by atoms with E-state index in [0.29, 0.717) is 6.07 Å². The average molecular weight is 460 g/mol. The predicted octanol–water partition coefficient (Wildman–Crippen LogP) is 3.52. The van der Waals surface area contributed by atoms with E-state index in [9.17, 15) is 58.3 Å². The fourth-order valence-corrected chi connectivity index (χ4v) is 1.56. The number of hydrogen-bond acceptors (Lipinski definition) is 5. The third-order valence-electron chi connectivity index (χ3n) is 2.99. The molecule has 0 unspecified atom stereocenters. The molecule has 1 N–H and O–H groups in total. The minimum absolute atomic E-state index is 0.215. The lowest BCUT2D eigenvalue weighted by molar-refractivity contribution is -0.277. The van der Waals surface area contributed by atoms with Crippen molar-refractivity contribution in [1.29, 1.82) is 0 Å². The van der Waals surface area contributed by atoms with Crippen LogP contribution in [0.3, 0.4) is 0 Å². The number of carbonyl (C=O) groups is 3. The highest BCUT2D eigenvalue weighted by atomic mass is 19.4. The van der Waals surface area contributed by atoms with Gasteiger partial charge in [-0.1, -0.05) is 6.07 Å². The zero-order valence-corrected chi connectivity index (χ0v) is 13.7. The number of benzene rings is 1. The lowest BCUT2D eigenvalue weighted by atomic mass is 10.1. The Kier molecular flexibility index (Phi) is 6.64. The van der Waals surface area contributed by atoms with Gasteiger partial charge in [0.2, 0.25) is 0 Å². The number of esters is 2. The number of aliphatic carboxylic acids is 1. The first-order valence-corrected chi connectivity index (χ1v) is 6.99. The summed E-state index contributed by atoms with van der Waals surface area (Å²) in [5, 5.41) is 8.60. The number of carboxylic acids is 1. The topological polar surface area (TPSA) is 89.9 Å². The van der Waals surface area contributed by atoms with Gasteiger partial charge in [-0.2, -0.15) is 43.9 Å². The Morgan fingerprint density at radius 1 is 0.733 bits per heavy atom. The Morgan fingerprint density at radius 3 is 1.50 bits per heavy atom. The summed E-state index contributed by atoms with van der Waals surface area (Å²) in [7, 11) is 0. The first-order valence-electron chi connectivity index (χ1n) is 6.99. The van der Waals surface area contributed by atoms with Gasteiger partial charge < -0.3 is 14.6 Å². The molecule has 1 aromatic carbocycles. The van der Waals surface area contributed by atoms with Crippen LogP contribution < -0.4 is 9.47 Å². The van der Waals surface area contributed by atoms with Crippen molar-refractivity contribution in [2.24, 2.45) is 0 Å². The summed E-state index contributed by atoms with van der Waals surface area (Å²) < 4.78 is 132. The van der Waals surface area contributed by atoms with Gasteiger partial charge in [-0.3, -0.25) is 4.79 Å². The average Bonchev–Trinajstić information content (AvgIpc) is 2.54. The standard InChI is InChI=1S/C14H6F10O6/c15-11(16,13(19,20)21)9(27)29-6-2-1-5(4-8(25)26)3-7(6)30-10(28)12(17,18)14(22,23)24/h1-3H,4H2,(H,25,26). The first-order chi connectivity index (χ1) is 13.3. The van der Waals surface area contributed by atoms with Crippen LogP contribution in [-0.2, 0) is 20.8 Å². The molecule has 1 aromatic rings. The summed E-state index contributed by atoms with van der Waals surface area (Å²) in [6.45, 7) is 0. The summed E-state index contributed by atoms with van der Waals surface area (Å²) in [6, 6.07) is 1.07. The maximum atomic E-state index is 13.0. The van der Waals surface area contributed by atoms with Gasteiger partial charge in [-0.25, -0.2) is 9.59 Å². The molecule has 0 fully saturated rings. The van der Waals surface area contributed by atoms with Crippen molar-refractivity contribution >= 4 is 17.9 Å². The monoisotopic (exact) mass is 460 g/mol. The molecule has 168 valence electrons. The second-order valence-corrected chi connectivity index (χ2v) is 5.27. The maximum Gasteiger partial charge on any atom is 0.465 e. The van der Waals surface area contributed by atoms with Gasteiger partial charge in [0.1, 0.15) is 0 Å². The van der Waals surface area contributed by atoms with Crippen LogP contribution in [-0.4, -0.2) is 47.2 Å². The van der Waals surface area contributed by atoms with Crippen LogP contribution >= 0.6 is 0 Å². The molecule has 0 aliphatic carbocycles. The molecule has 0 aliphatic heterocycles. The van der Waals surface area contributed by atoms with Gasteiger partial charge >= 0.3 is 42.1 Å². The smallest absolute Gasteiger partial charge is 0.465 e. The van der Waals surface area contributed by atoms with Gasteiger partial charge in [-0.15, -0.1) is 0 Å². The number of carboxylic acid groups (broad SMARTS) is 1. The Labute approximate surface area is 158 Å². The second-order valence-electron chi connectivity index (χ2n) is 5.27. The van der Waals surface area contributed by atoms with Crippen LogP contribution in [0, 0.1) is 0 Å². The molecule has 0 spiro atoms. The molecule has 6 nitrogen and oxygen atoms in total. The van der Waals surface area contributed by atoms with E-state index in [-0.39, 0.29) is 12.1 Å². The lowest BCUT2D eigenvalue weighted by Gasteiger charge is -2.20. The Morgan fingerprint density at radius 2 is 1.13 bits per heavy atom. The van der Waals surface area contributed by atoms with Crippen LogP contribution in [0.15, 0.2) is 18.2 Å². The molecule has 1 rings (SSSR count). The lowest BCUT2D eigenvalue weighted by Crippen LogP contribution is -2.47. The zero-order chi connectivity index (χ0) is 23.7. The van der Waals surface area contributed by atoms with Crippen molar-refractivity contribution in [3.8, 4) is 11.5 Å². The summed E-state index contributed by atoms with van der Waals surface area (Å²) in [5.74, 6) is -23.8. The fraction of sp³-hybridized carbons (Fsp3) is 0.357. The van der Waals surface area contributed by atoms with Gasteiger partial charge in [0, 0.05) is 0 Å². The number of hydrogen-bond donors (Lipinski definition) is 1. The number of rotatable bonds is 6. The summed E-state index contributed by atoms with van der Waals surface area (Å²) in [5.41, 5.74) is -0.497. The second kappa shape index (κ2) is 7.98. The van der Waals surface area contributed by atoms with Gasteiger partial charge in [-0.05, 0) is 17.7 Å². The normalized spacial score (nSPS) is 13.0. The van der Waals surface area contributed by atoms with Gasteiger partial charge in [0.25, 0.3) is 0 Å². The van der Waals surface area contributed by atoms with Crippen molar-refractivity contribution in [2.45, 2.75) is 30.6 Å². The summed E-state index contributed by atoms with van der Waals surface area (Å²) in [6.07, 6.45) is -13.9. The van der Waals surface area contributed by atoms with Crippen LogP contribution in [0.2, 0.25) is 0 Å². The van der Waals surface area contributed by atoms with Crippen LogP contribution in [0.5, 0.6) is 11.5 Å². The van der Waals surface area contributed by atoms with Crippen molar-refractivity contribution in [2.75, 3.05) is 0 Å². The highest BCUT2D eigenvalue weighted by Gasteiger charge is 2.66. The van der Waals surface area contributed by atoms with Crippen LogP contribution in [0.4, 0.5) is 43.9 Å². The number of halogens is 10. The Bertz CT molecular complexity index is 843. The minimum atomic E-state index is -6.48. The molecule has 0 saturated carbocycles. The third-order valence-corrected chi connectivity index (χ3v) is 2.99. The van der Waals surface area contributed by atoms with E-state index in [0.717, 1.165) is 0 Å². The number of carbonyl (C=O) groups excluding carboxylic acids is 2. The third kappa shape index (κ3) is 5.29. The van der Waals surface area contributed by atoms with Crippen molar-refractivity contribution < 1.29 is 72.9 Å². The Balaban J connectivity index is 3.36. The van der Waals surface area contributed by atoms with E-state index < -0.39 is 65.6 Å². The van der Waals surface area contributed by atoms with E-state index in [1.165, 1.54) is 0 Å². The molecule has 0 heterocycles. The number of alkyl halides is 10. The van der Waals surface area contributed by atoms with Crippen LogP contribution in [0.25, 0.3) is 0 Å². The molecule has 0 aromatic heterocycles. The van der Waals surface area contributed by atoms with E-state index in [1.807, 2.05) is 0 Å². The molecular weight excluding hydrogens is 454 g/mol. The fourth-order valence-electron chi connectivity index (χ4n) is 1.56. The van der Waals surface area contributed by atoms with E-state index >= 15 is 0 Å².